The zero-order chi connectivity index (χ0) is 34.7. The summed E-state index contributed by atoms with van der Waals surface area (Å²) in [6.45, 7) is 2.76. The van der Waals surface area contributed by atoms with Gasteiger partial charge in [-0.25, -0.2) is 4.98 Å². The standard InChI is InChI=1S/C38H22F6N4OS/c1-18-28(22-7-3-4-10-26(22)49-18)30-29(36(39,40)38(43,44)37(30,41)42)25-17-27(50-19(25)2)20-11-13-21(14-12-20)35-47-33-23-8-5-15-45-31(23)32-24(34(33)48-35)9-6-16-46-32/h3-17H,1-2H3,(H,47,48). The fourth-order valence-electron chi connectivity index (χ4n) is 7.03. The van der Waals surface area contributed by atoms with Gasteiger partial charge in [-0.2, -0.15) is 26.3 Å². The van der Waals surface area contributed by atoms with Gasteiger partial charge in [0, 0.05) is 60.6 Å². The molecule has 50 heavy (non-hydrogen) atoms. The summed E-state index contributed by atoms with van der Waals surface area (Å²) >= 11 is 1.05. The summed E-state index contributed by atoms with van der Waals surface area (Å²) in [6.07, 6.45) is 3.41. The van der Waals surface area contributed by atoms with Gasteiger partial charge in [-0.15, -0.1) is 11.3 Å². The summed E-state index contributed by atoms with van der Waals surface area (Å²) in [4.78, 5) is 18.0. The first-order chi connectivity index (χ1) is 23.9. The molecule has 248 valence electrons. The summed E-state index contributed by atoms with van der Waals surface area (Å²) in [6, 6.07) is 21.8. The number of benzene rings is 3. The van der Waals surface area contributed by atoms with Crippen LogP contribution in [0.2, 0.25) is 0 Å². The van der Waals surface area contributed by atoms with Crippen molar-refractivity contribution in [2.45, 2.75) is 31.6 Å². The molecule has 1 aliphatic rings. The molecule has 0 aliphatic heterocycles. The van der Waals surface area contributed by atoms with Gasteiger partial charge in [0.25, 0.3) is 0 Å². The number of nitrogens with zero attached hydrogens (tertiary/aromatic N) is 3. The Balaban J connectivity index is 1.16. The second-order valence-corrected chi connectivity index (χ2v) is 13.5. The number of pyridine rings is 2. The highest BCUT2D eigenvalue weighted by molar-refractivity contribution is 7.15. The molecule has 0 radical (unpaired) electrons. The Morgan fingerprint density at radius 1 is 0.680 bits per heavy atom. The van der Waals surface area contributed by atoms with Gasteiger partial charge in [0.1, 0.15) is 17.2 Å². The second-order valence-electron chi connectivity index (χ2n) is 12.3. The minimum atomic E-state index is -5.68. The van der Waals surface area contributed by atoms with Gasteiger partial charge in [0.05, 0.1) is 22.1 Å². The van der Waals surface area contributed by atoms with Gasteiger partial charge in [-0.3, -0.25) is 9.97 Å². The van der Waals surface area contributed by atoms with Crippen molar-refractivity contribution in [1.29, 1.82) is 0 Å². The first-order valence-corrected chi connectivity index (χ1v) is 16.3. The van der Waals surface area contributed by atoms with Crippen LogP contribution in [0.25, 0.3) is 76.8 Å². The molecule has 3 aromatic carbocycles. The smallest absolute Gasteiger partial charge is 0.380 e. The Morgan fingerprint density at radius 2 is 1.30 bits per heavy atom. The van der Waals surface area contributed by atoms with Gasteiger partial charge in [0.2, 0.25) is 0 Å². The van der Waals surface area contributed by atoms with Gasteiger partial charge in [-0.1, -0.05) is 42.5 Å². The number of aromatic nitrogens is 4. The quantitative estimate of drug-likeness (QED) is 0.147. The van der Waals surface area contributed by atoms with Gasteiger partial charge in [0.15, 0.2) is 0 Å². The van der Waals surface area contributed by atoms with Crippen molar-refractivity contribution in [2.75, 3.05) is 0 Å². The lowest BCUT2D eigenvalue weighted by atomic mass is 9.93. The normalized spacial score (nSPS) is 16.8. The van der Waals surface area contributed by atoms with Crippen LogP contribution in [0.1, 0.15) is 21.8 Å². The maximum absolute atomic E-state index is 15.7. The molecule has 0 bridgehead atoms. The Bertz CT molecular complexity index is 2650. The van der Waals surface area contributed by atoms with E-state index in [4.69, 9.17) is 9.40 Å². The van der Waals surface area contributed by atoms with E-state index < -0.39 is 34.5 Å². The summed E-state index contributed by atoms with van der Waals surface area (Å²) < 4.78 is 98.6. The van der Waals surface area contributed by atoms with E-state index in [1.165, 1.54) is 38.1 Å². The number of alkyl halides is 6. The van der Waals surface area contributed by atoms with Gasteiger partial charge >= 0.3 is 17.8 Å². The lowest BCUT2D eigenvalue weighted by Gasteiger charge is -2.25. The number of thiophene rings is 1. The molecule has 5 aromatic heterocycles. The van der Waals surface area contributed by atoms with Crippen molar-refractivity contribution in [3.05, 3.63) is 113 Å². The number of hydrogen-bond acceptors (Lipinski definition) is 5. The third-order valence-electron chi connectivity index (χ3n) is 9.39. The molecule has 0 saturated heterocycles. The maximum atomic E-state index is 15.7. The van der Waals surface area contributed by atoms with E-state index in [0.717, 1.165) is 49.7 Å². The molecule has 12 heteroatoms. The highest BCUT2D eigenvalue weighted by Gasteiger charge is 2.80. The van der Waals surface area contributed by atoms with Crippen LogP contribution in [-0.4, -0.2) is 37.7 Å². The molecular weight excluding hydrogens is 675 g/mol. The highest BCUT2D eigenvalue weighted by Crippen LogP contribution is 2.66. The number of H-pyrrole nitrogens is 1. The maximum Gasteiger partial charge on any atom is 0.380 e. The average molecular weight is 697 g/mol. The van der Waals surface area contributed by atoms with Crippen molar-refractivity contribution < 1.29 is 30.8 Å². The predicted octanol–water partition coefficient (Wildman–Crippen LogP) is 11.2. The molecule has 0 atom stereocenters. The third kappa shape index (κ3) is 3.99. The number of imidazole rings is 1. The van der Waals surface area contributed by atoms with Crippen LogP contribution >= 0.6 is 11.3 Å². The largest absolute Gasteiger partial charge is 0.461 e. The summed E-state index contributed by atoms with van der Waals surface area (Å²) in [5.41, 5.74) is 0.779. The predicted molar refractivity (Wildman–Crippen MR) is 183 cm³/mol. The number of aromatic amines is 1. The summed E-state index contributed by atoms with van der Waals surface area (Å²) in [5, 5.41) is 1.74. The number of aryl methyl sites for hydroxylation is 2. The molecule has 9 rings (SSSR count). The monoisotopic (exact) mass is 696 g/mol. The third-order valence-corrected chi connectivity index (χ3v) is 10.5. The molecular formula is C38H22F6N4OS. The molecule has 8 aromatic rings. The van der Waals surface area contributed by atoms with Crippen molar-refractivity contribution in [2.24, 2.45) is 0 Å². The second kappa shape index (κ2) is 10.3. The van der Waals surface area contributed by atoms with Crippen LogP contribution in [0.3, 0.4) is 0 Å². The molecule has 0 fully saturated rings. The van der Waals surface area contributed by atoms with Crippen molar-refractivity contribution in [1.82, 2.24) is 19.9 Å². The average Bonchev–Trinajstić information content (AvgIpc) is 3.83. The van der Waals surface area contributed by atoms with E-state index in [0.29, 0.717) is 16.3 Å². The Labute approximate surface area is 282 Å². The topological polar surface area (TPSA) is 67.6 Å². The van der Waals surface area contributed by atoms with E-state index in [1.54, 1.807) is 42.7 Å². The molecule has 1 N–H and O–H groups in total. The van der Waals surface area contributed by atoms with Crippen LogP contribution in [0, 0.1) is 13.8 Å². The van der Waals surface area contributed by atoms with E-state index in [-0.39, 0.29) is 27.2 Å². The minimum absolute atomic E-state index is 0.0495. The van der Waals surface area contributed by atoms with Crippen LogP contribution in [0.5, 0.6) is 0 Å². The number of hydrogen-bond donors (Lipinski definition) is 1. The van der Waals surface area contributed by atoms with Crippen molar-refractivity contribution in [3.63, 3.8) is 0 Å². The van der Waals surface area contributed by atoms with Crippen LogP contribution in [0.15, 0.2) is 95.7 Å². The zero-order valence-electron chi connectivity index (χ0n) is 26.1. The van der Waals surface area contributed by atoms with E-state index in [2.05, 4.69) is 15.0 Å². The fourth-order valence-corrected chi connectivity index (χ4v) is 8.07. The summed E-state index contributed by atoms with van der Waals surface area (Å²) in [5.74, 6) is -15.6. The van der Waals surface area contributed by atoms with Gasteiger partial charge in [-0.05, 0) is 61.4 Å². The summed E-state index contributed by atoms with van der Waals surface area (Å²) in [7, 11) is 0. The zero-order valence-corrected chi connectivity index (χ0v) is 26.9. The van der Waals surface area contributed by atoms with Crippen molar-refractivity contribution in [3.8, 4) is 21.8 Å². The van der Waals surface area contributed by atoms with E-state index >= 15 is 26.3 Å². The van der Waals surface area contributed by atoms with Crippen molar-refractivity contribution >= 4 is 66.3 Å². The fraction of sp³-hybridized carbons (Fsp3) is 0.132. The van der Waals surface area contributed by atoms with E-state index in [1.807, 2.05) is 24.3 Å². The number of para-hydroxylation sites is 1. The number of allylic oxidation sites excluding steroid dienone is 2. The number of fused-ring (bicyclic) bond motifs is 7. The number of rotatable bonds is 4. The molecule has 5 heterocycles. The number of nitrogens with one attached hydrogen (secondary N) is 1. The molecule has 0 amide bonds. The highest BCUT2D eigenvalue weighted by atomic mass is 32.1. The lowest BCUT2D eigenvalue weighted by Crippen LogP contribution is -2.48. The number of furan rings is 1. The molecule has 5 nitrogen and oxygen atoms in total. The Hall–Kier alpha value is -5.49. The minimum Gasteiger partial charge on any atom is -0.461 e. The first-order valence-electron chi connectivity index (χ1n) is 15.5. The molecule has 0 unspecified atom stereocenters. The molecule has 0 saturated carbocycles. The molecule has 1 aliphatic carbocycles. The Kier molecular flexibility index (Phi) is 6.28. The Morgan fingerprint density at radius 3 is 2.04 bits per heavy atom. The van der Waals surface area contributed by atoms with Crippen LogP contribution < -0.4 is 0 Å². The van der Waals surface area contributed by atoms with Gasteiger partial charge < -0.3 is 9.40 Å². The first kappa shape index (κ1) is 30.6. The van der Waals surface area contributed by atoms with E-state index in [9.17, 15) is 0 Å². The van der Waals surface area contributed by atoms with Crippen LogP contribution in [0.4, 0.5) is 26.3 Å². The van der Waals surface area contributed by atoms with Crippen LogP contribution in [-0.2, 0) is 0 Å². The SMILES string of the molecule is Cc1oc2ccccc2c1C1=C(c2cc(-c3ccc(-c4nc5c6cccnc6c6ncccc6c5[nH]4)cc3)sc2C)C(F)(F)C(F)(F)C1(F)F. The lowest BCUT2D eigenvalue weighted by molar-refractivity contribution is -0.254. The number of halogens is 6. The molecule has 0 spiro atoms.